The molecule has 1 aromatic heterocycles. The molecule has 0 aliphatic carbocycles. The third-order valence-corrected chi connectivity index (χ3v) is 9.13. The summed E-state index contributed by atoms with van der Waals surface area (Å²) in [6, 6.07) is 65.7. The standard InChI is InChI=1S/C44H30N2/c1-3-12-31(13-4-1)33-22-25-37(26-23-33)45(36-17-5-2-6-18-36)43-21-11-16-35-29-44-41(30-40(35)43)39-19-9-10-20-42(39)46(44)38-27-24-32-14-7-8-15-34(32)28-38/h1-30H. The number of rotatable bonds is 5. The molecule has 8 aromatic carbocycles. The fourth-order valence-corrected chi connectivity index (χ4v) is 6.95. The summed E-state index contributed by atoms with van der Waals surface area (Å²) in [5.41, 5.74) is 9.42. The van der Waals surface area contributed by atoms with Crippen molar-refractivity contribution in [2.75, 3.05) is 4.90 Å². The first-order chi connectivity index (χ1) is 22.8. The van der Waals surface area contributed by atoms with Crippen LogP contribution in [0.15, 0.2) is 182 Å². The maximum atomic E-state index is 2.42. The van der Waals surface area contributed by atoms with E-state index in [1.165, 1.54) is 60.2 Å². The third kappa shape index (κ3) is 4.35. The minimum atomic E-state index is 1.12. The summed E-state index contributed by atoms with van der Waals surface area (Å²) in [4.78, 5) is 2.38. The van der Waals surface area contributed by atoms with Gasteiger partial charge in [0.25, 0.3) is 0 Å². The van der Waals surface area contributed by atoms with E-state index in [0.717, 1.165) is 17.1 Å². The van der Waals surface area contributed by atoms with Crippen molar-refractivity contribution in [1.82, 2.24) is 4.57 Å². The van der Waals surface area contributed by atoms with Crippen LogP contribution in [0.3, 0.4) is 0 Å². The number of fused-ring (bicyclic) bond motifs is 5. The van der Waals surface area contributed by atoms with Gasteiger partial charge in [-0.2, -0.15) is 0 Å². The zero-order valence-electron chi connectivity index (χ0n) is 25.2. The average Bonchev–Trinajstić information content (AvgIpc) is 3.45. The zero-order valence-corrected chi connectivity index (χ0v) is 25.2. The summed E-state index contributed by atoms with van der Waals surface area (Å²) in [5.74, 6) is 0. The molecule has 0 unspecified atom stereocenters. The molecule has 0 aliphatic heterocycles. The molecule has 1 heterocycles. The third-order valence-electron chi connectivity index (χ3n) is 9.13. The maximum absolute atomic E-state index is 2.42. The highest BCUT2D eigenvalue weighted by Gasteiger charge is 2.19. The van der Waals surface area contributed by atoms with Crippen molar-refractivity contribution in [3.8, 4) is 16.8 Å². The molecule has 0 N–H and O–H groups in total. The van der Waals surface area contributed by atoms with Gasteiger partial charge in [-0.05, 0) is 87.9 Å². The molecular formula is C44H30N2. The van der Waals surface area contributed by atoms with E-state index >= 15 is 0 Å². The van der Waals surface area contributed by atoms with Crippen LogP contribution in [0.4, 0.5) is 17.1 Å². The van der Waals surface area contributed by atoms with Crippen LogP contribution in [0.5, 0.6) is 0 Å². The van der Waals surface area contributed by atoms with Gasteiger partial charge in [-0.15, -0.1) is 0 Å². The van der Waals surface area contributed by atoms with Gasteiger partial charge in [-0.25, -0.2) is 0 Å². The van der Waals surface area contributed by atoms with Gasteiger partial charge >= 0.3 is 0 Å². The number of anilines is 3. The Hall–Kier alpha value is -6.12. The first-order valence-corrected chi connectivity index (χ1v) is 15.8. The Labute approximate surface area is 268 Å². The first-order valence-electron chi connectivity index (χ1n) is 15.8. The molecule has 0 aliphatic rings. The lowest BCUT2D eigenvalue weighted by molar-refractivity contribution is 1.19. The maximum Gasteiger partial charge on any atom is 0.0547 e. The monoisotopic (exact) mass is 586 g/mol. The molecule has 0 amide bonds. The Morgan fingerprint density at radius 2 is 1.00 bits per heavy atom. The van der Waals surface area contributed by atoms with E-state index in [-0.39, 0.29) is 0 Å². The summed E-state index contributed by atoms with van der Waals surface area (Å²) < 4.78 is 2.42. The van der Waals surface area contributed by atoms with Crippen molar-refractivity contribution in [2.45, 2.75) is 0 Å². The van der Waals surface area contributed by atoms with E-state index in [9.17, 15) is 0 Å². The second kappa shape index (κ2) is 10.8. The molecule has 0 fully saturated rings. The molecule has 46 heavy (non-hydrogen) atoms. The highest BCUT2D eigenvalue weighted by Crippen LogP contribution is 2.42. The molecule has 0 spiro atoms. The Morgan fingerprint density at radius 3 is 1.83 bits per heavy atom. The topological polar surface area (TPSA) is 8.17 Å². The number of nitrogens with zero attached hydrogens (tertiary/aromatic N) is 2. The summed E-state index contributed by atoms with van der Waals surface area (Å²) in [6.07, 6.45) is 0. The van der Waals surface area contributed by atoms with Gasteiger partial charge in [0, 0.05) is 33.2 Å². The molecule has 0 saturated heterocycles. The lowest BCUT2D eigenvalue weighted by Crippen LogP contribution is -2.10. The second-order valence-corrected chi connectivity index (χ2v) is 11.8. The average molecular weight is 587 g/mol. The number of hydrogen-bond donors (Lipinski definition) is 0. The highest BCUT2D eigenvalue weighted by molar-refractivity contribution is 6.16. The van der Waals surface area contributed by atoms with E-state index in [2.05, 4.69) is 191 Å². The molecular weight excluding hydrogens is 556 g/mol. The Kier molecular flexibility index (Phi) is 6.17. The molecule has 2 heteroatoms. The number of benzene rings is 8. The van der Waals surface area contributed by atoms with Crippen molar-refractivity contribution in [3.05, 3.63) is 182 Å². The molecule has 0 atom stereocenters. The van der Waals surface area contributed by atoms with E-state index in [1.54, 1.807) is 0 Å². The zero-order chi connectivity index (χ0) is 30.5. The summed E-state index contributed by atoms with van der Waals surface area (Å²) in [6.45, 7) is 0. The van der Waals surface area contributed by atoms with Crippen LogP contribution in [0.1, 0.15) is 0 Å². The van der Waals surface area contributed by atoms with Gasteiger partial charge in [-0.1, -0.05) is 121 Å². The van der Waals surface area contributed by atoms with Crippen LogP contribution in [-0.4, -0.2) is 4.57 Å². The van der Waals surface area contributed by atoms with Crippen LogP contribution in [0.25, 0.3) is 60.2 Å². The molecule has 0 radical (unpaired) electrons. The van der Waals surface area contributed by atoms with Crippen LogP contribution in [-0.2, 0) is 0 Å². The Morgan fingerprint density at radius 1 is 0.348 bits per heavy atom. The van der Waals surface area contributed by atoms with Gasteiger partial charge in [0.2, 0.25) is 0 Å². The summed E-state index contributed by atoms with van der Waals surface area (Å²) >= 11 is 0. The van der Waals surface area contributed by atoms with Crippen LogP contribution in [0.2, 0.25) is 0 Å². The van der Waals surface area contributed by atoms with Crippen LogP contribution >= 0.6 is 0 Å². The molecule has 216 valence electrons. The quantitative estimate of drug-likeness (QED) is 0.195. The smallest absolute Gasteiger partial charge is 0.0547 e. The van der Waals surface area contributed by atoms with E-state index in [1.807, 2.05) is 0 Å². The van der Waals surface area contributed by atoms with Crippen molar-refractivity contribution in [3.63, 3.8) is 0 Å². The molecule has 2 nitrogen and oxygen atoms in total. The first kappa shape index (κ1) is 26.3. The minimum absolute atomic E-state index is 1.12. The van der Waals surface area contributed by atoms with Crippen molar-refractivity contribution in [2.24, 2.45) is 0 Å². The Bertz CT molecular complexity index is 2510. The fraction of sp³-hybridized carbons (Fsp3) is 0. The van der Waals surface area contributed by atoms with Gasteiger partial charge in [-0.3, -0.25) is 0 Å². The van der Waals surface area contributed by atoms with Crippen molar-refractivity contribution < 1.29 is 0 Å². The van der Waals surface area contributed by atoms with Gasteiger partial charge in [0.05, 0.1) is 16.7 Å². The van der Waals surface area contributed by atoms with Crippen molar-refractivity contribution >= 4 is 60.4 Å². The fourth-order valence-electron chi connectivity index (χ4n) is 6.95. The van der Waals surface area contributed by atoms with Crippen molar-refractivity contribution in [1.29, 1.82) is 0 Å². The highest BCUT2D eigenvalue weighted by atomic mass is 15.1. The summed E-state index contributed by atoms with van der Waals surface area (Å²) in [7, 11) is 0. The number of hydrogen-bond acceptors (Lipinski definition) is 1. The second-order valence-electron chi connectivity index (χ2n) is 11.8. The molecule has 0 saturated carbocycles. The normalized spacial score (nSPS) is 11.5. The Balaban J connectivity index is 1.27. The van der Waals surface area contributed by atoms with Crippen LogP contribution < -0.4 is 4.90 Å². The van der Waals surface area contributed by atoms with Gasteiger partial charge in [0.1, 0.15) is 0 Å². The van der Waals surface area contributed by atoms with Crippen LogP contribution in [0, 0.1) is 0 Å². The summed E-state index contributed by atoms with van der Waals surface area (Å²) in [5, 5.41) is 7.41. The van der Waals surface area contributed by atoms with E-state index in [4.69, 9.17) is 0 Å². The number of para-hydroxylation sites is 2. The molecule has 9 aromatic rings. The largest absolute Gasteiger partial charge is 0.310 e. The van der Waals surface area contributed by atoms with Gasteiger partial charge in [0.15, 0.2) is 0 Å². The molecule has 9 rings (SSSR count). The molecule has 0 bridgehead atoms. The van der Waals surface area contributed by atoms with E-state index < -0.39 is 0 Å². The number of aromatic nitrogens is 1. The SMILES string of the molecule is c1ccc(-c2ccc(N(c3ccccc3)c3cccc4cc5c(cc34)c3ccccc3n5-c3ccc4ccccc4c3)cc2)cc1. The predicted molar refractivity (Wildman–Crippen MR) is 196 cm³/mol. The minimum Gasteiger partial charge on any atom is -0.310 e. The van der Waals surface area contributed by atoms with Gasteiger partial charge < -0.3 is 9.47 Å². The lowest BCUT2D eigenvalue weighted by Gasteiger charge is -2.27. The lowest BCUT2D eigenvalue weighted by atomic mass is 10.0. The van der Waals surface area contributed by atoms with E-state index in [0.29, 0.717) is 0 Å². The predicted octanol–water partition coefficient (Wildman–Crippen LogP) is 12.2.